The number of hydrogen-bond acceptors (Lipinski definition) is 4. The van der Waals surface area contributed by atoms with Gasteiger partial charge in [-0.05, 0) is 61.0 Å². The van der Waals surface area contributed by atoms with E-state index in [4.69, 9.17) is 0 Å². The van der Waals surface area contributed by atoms with E-state index in [1.54, 1.807) is 6.07 Å². The summed E-state index contributed by atoms with van der Waals surface area (Å²) >= 11 is 3.53. The second-order valence-corrected chi connectivity index (χ2v) is 6.63. The quantitative estimate of drug-likeness (QED) is 0.829. The second-order valence-electron chi connectivity index (χ2n) is 5.78. The van der Waals surface area contributed by atoms with Gasteiger partial charge in [-0.15, -0.1) is 0 Å². The molecule has 2 heterocycles. The van der Waals surface area contributed by atoms with Crippen molar-refractivity contribution in [2.45, 2.75) is 18.9 Å². The van der Waals surface area contributed by atoms with E-state index in [1.807, 2.05) is 6.07 Å². The number of piperidine rings is 1. The number of carbonyl (C=O) groups excluding carboxylic acids is 2. The molecule has 0 aromatic heterocycles. The van der Waals surface area contributed by atoms with Crippen LogP contribution in [0.4, 0.5) is 11.4 Å². The van der Waals surface area contributed by atoms with Gasteiger partial charge in [0.1, 0.15) is 0 Å². The van der Waals surface area contributed by atoms with Crippen LogP contribution in [-0.4, -0.2) is 49.8 Å². The van der Waals surface area contributed by atoms with Crippen LogP contribution in [0.5, 0.6) is 0 Å². The molecule has 6 heteroatoms. The minimum absolute atomic E-state index is 0.451. The number of rotatable bonds is 2. The van der Waals surface area contributed by atoms with Gasteiger partial charge in [0.15, 0.2) is 0 Å². The predicted molar refractivity (Wildman–Crippen MR) is 86.0 cm³/mol. The van der Waals surface area contributed by atoms with Crippen molar-refractivity contribution in [3.63, 3.8) is 0 Å². The van der Waals surface area contributed by atoms with Crippen molar-refractivity contribution in [3.05, 3.63) is 22.2 Å². The topological polar surface area (TPSA) is 52.7 Å². The number of halogens is 1. The summed E-state index contributed by atoms with van der Waals surface area (Å²) in [5, 5.41) is 2.64. The first-order chi connectivity index (χ1) is 9.97. The summed E-state index contributed by atoms with van der Waals surface area (Å²) < 4.78 is 0.854. The molecule has 0 bridgehead atoms. The maximum absolute atomic E-state index is 11.7. The van der Waals surface area contributed by atoms with E-state index in [9.17, 15) is 9.59 Å². The van der Waals surface area contributed by atoms with Crippen LogP contribution in [0.3, 0.4) is 0 Å². The molecule has 2 aliphatic rings. The molecule has 2 aliphatic heterocycles. The zero-order valence-electron chi connectivity index (χ0n) is 12.1. The van der Waals surface area contributed by atoms with Gasteiger partial charge in [0.25, 0.3) is 11.7 Å². The summed E-state index contributed by atoms with van der Waals surface area (Å²) in [6, 6.07) is 4.11. The van der Waals surface area contributed by atoms with Crippen molar-refractivity contribution in [1.29, 1.82) is 0 Å². The predicted octanol–water partition coefficient (Wildman–Crippen LogP) is 2.11. The number of hydrogen-bond donors (Lipinski definition) is 1. The highest BCUT2D eigenvalue weighted by Gasteiger charge is 2.30. The number of carbonyl (C=O) groups is 2. The van der Waals surface area contributed by atoms with E-state index >= 15 is 0 Å². The maximum Gasteiger partial charge on any atom is 0.296 e. The Balaban J connectivity index is 1.88. The van der Waals surface area contributed by atoms with Gasteiger partial charge in [0.2, 0.25) is 0 Å². The molecule has 112 valence electrons. The fourth-order valence-corrected chi connectivity index (χ4v) is 3.63. The number of Topliss-reactive ketones (excluding diaryl/α,β-unsaturated/α-hetero) is 1. The number of likely N-dealkylation sites (tertiary alicyclic amines) is 1. The van der Waals surface area contributed by atoms with Gasteiger partial charge in [-0.1, -0.05) is 0 Å². The molecular formula is C15H18BrN3O2. The molecule has 1 N–H and O–H groups in total. The van der Waals surface area contributed by atoms with Crippen molar-refractivity contribution in [3.8, 4) is 0 Å². The molecule has 1 fully saturated rings. The molecule has 0 spiro atoms. The maximum atomic E-state index is 11.7. The first-order valence-corrected chi connectivity index (χ1v) is 7.87. The van der Waals surface area contributed by atoms with E-state index in [-0.39, 0.29) is 0 Å². The third-order valence-corrected chi connectivity index (χ3v) is 5.04. The summed E-state index contributed by atoms with van der Waals surface area (Å²) in [5.74, 6) is -1.00. The van der Waals surface area contributed by atoms with Crippen molar-refractivity contribution in [2.75, 3.05) is 37.4 Å². The third kappa shape index (κ3) is 2.58. The van der Waals surface area contributed by atoms with Crippen LogP contribution in [0.25, 0.3) is 0 Å². The molecule has 5 nitrogen and oxygen atoms in total. The lowest BCUT2D eigenvalue weighted by Gasteiger charge is -2.37. The van der Waals surface area contributed by atoms with Crippen LogP contribution in [0.2, 0.25) is 0 Å². The molecule has 21 heavy (non-hydrogen) atoms. The molecule has 0 aliphatic carbocycles. The van der Waals surface area contributed by atoms with Gasteiger partial charge in [-0.3, -0.25) is 9.59 Å². The van der Waals surface area contributed by atoms with Gasteiger partial charge in [-0.2, -0.15) is 0 Å². The van der Waals surface area contributed by atoms with Crippen LogP contribution in [0.15, 0.2) is 16.6 Å². The highest BCUT2D eigenvalue weighted by Crippen LogP contribution is 2.36. The number of nitrogens with zero attached hydrogens (tertiary/aromatic N) is 2. The molecule has 0 atom stereocenters. The molecule has 1 aromatic rings. The van der Waals surface area contributed by atoms with E-state index in [1.165, 1.54) is 0 Å². The lowest BCUT2D eigenvalue weighted by Crippen LogP contribution is -2.42. The smallest absolute Gasteiger partial charge is 0.296 e. The SMILES string of the molecule is CN1CCC(N(C)c2cc3c(cc2Br)C(=O)C(=O)N3)CC1. The summed E-state index contributed by atoms with van der Waals surface area (Å²) in [5.41, 5.74) is 2.08. The summed E-state index contributed by atoms with van der Waals surface area (Å²) in [7, 11) is 4.21. The zero-order chi connectivity index (χ0) is 15.1. The van der Waals surface area contributed by atoms with Gasteiger partial charge < -0.3 is 15.1 Å². The van der Waals surface area contributed by atoms with Crippen molar-refractivity contribution in [2.24, 2.45) is 0 Å². The minimum Gasteiger partial charge on any atom is -0.371 e. The molecule has 3 rings (SSSR count). The van der Waals surface area contributed by atoms with Gasteiger partial charge >= 0.3 is 0 Å². The van der Waals surface area contributed by atoms with E-state index in [0.29, 0.717) is 17.3 Å². The first kappa shape index (κ1) is 14.5. The fraction of sp³-hybridized carbons (Fsp3) is 0.467. The Bertz CT molecular complexity index is 609. The van der Waals surface area contributed by atoms with Crippen LogP contribution in [0, 0.1) is 0 Å². The average molecular weight is 352 g/mol. The van der Waals surface area contributed by atoms with Crippen LogP contribution >= 0.6 is 15.9 Å². The Morgan fingerprint density at radius 3 is 2.62 bits per heavy atom. The number of benzene rings is 1. The molecule has 1 aromatic carbocycles. The highest BCUT2D eigenvalue weighted by molar-refractivity contribution is 9.10. The molecule has 0 radical (unpaired) electrons. The zero-order valence-corrected chi connectivity index (χ0v) is 13.7. The largest absolute Gasteiger partial charge is 0.371 e. The molecule has 0 unspecified atom stereocenters. The van der Waals surface area contributed by atoms with Gasteiger partial charge in [0, 0.05) is 17.6 Å². The van der Waals surface area contributed by atoms with E-state index in [2.05, 4.69) is 45.1 Å². The number of nitrogens with one attached hydrogen (secondary N) is 1. The standard InChI is InChI=1S/C15H18BrN3O2/c1-18-5-3-9(4-6-18)19(2)13-8-12-10(7-11(13)16)14(20)15(21)17-12/h7-9H,3-6H2,1-2H3,(H,17,20,21). The first-order valence-electron chi connectivity index (χ1n) is 7.08. The Morgan fingerprint density at radius 1 is 1.29 bits per heavy atom. The van der Waals surface area contributed by atoms with E-state index in [0.717, 1.165) is 36.1 Å². The van der Waals surface area contributed by atoms with Gasteiger partial charge in [0.05, 0.1) is 16.9 Å². The van der Waals surface area contributed by atoms with Gasteiger partial charge in [-0.25, -0.2) is 0 Å². The Labute approximate surface area is 132 Å². The lowest BCUT2D eigenvalue weighted by molar-refractivity contribution is -0.112. The number of ketones is 1. The Morgan fingerprint density at radius 2 is 1.95 bits per heavy atom. The molecule has 0 saturated carbocycles. The van der Waals surface area contributed by atoms with Crippen molar-refractivity contribution in [1.82, 2.24) is 4.90 Å². The van der Waals surface area contributed by atoms with Crippen LogP contribution in [-0.2, 0) is 4.79 Å². The minimum atomic E-state index is -0.545. The number of fused-ring (bicyclic) bond motifs is 1. The third-order valence-electron chi connectivity index (χ3n) is 4.40. The van der Waals surface area contributed by atoms with Crippen LogP contribution in [0.1, 0.15) is 23.2 Å². The summed E-state index contributed by atoms with van der Waals surface area (Å²) in [6.45, 7) is 2.18. The fourth-order valence-electron chi connectivity index (χ4n) is 3.00. The van der Waals surface area contributed by atoms with Crippen molar-refractivity contribution < 1.29 is 9.59 Å². The molecule has 1 saturated heterocycles. The number of amides is 1. The summed E-state index contributed by atoms with van der Waals surface area (Å²) in [6.07, 6.45) is 2.23. The number of anilines is 2. The second kappa shape index (κ2) is 5.42. The Hall–Kier alpha value is -1.40. The molecule has 1 amide bonds. The molecular weight excluding hydrogens is 334 g/mol. The van der Waals surface area contributed by atoms with Crippen LogP contribution < -0.4 is 10.2 Å². The lowest BCUT2D eigenvalue weighted by atomic mass is 10.0. The monoisotopic (exact) mass is 351 g/mol. The summed E-state index contributed by atoms with van der Waals surface area (Å²) in [4.78, 5) is 27.8. The van der Waals surface area contributed by atoms with Crippen molar-refractivity contribution >= 4 is 39.0 Å². The Kier molecular flexibility index (Phi) is 3.75. The highest BCUT2D eigenvalue weighted by atomic mass is 79.9. The normalized spacial score (nSPS) is 19.6. The average Bonchev–Trinajstić information content (AvgIpc) is 2.73. The van der Waals surface area contributed by atoms with E-state index < -0.39 is 11.7 Å².